The van der Waals surface area contributed by atoms with E-state index in [-0.39, 0.29) is 11.8 Å². The van der Waals surface area contributed by atoms with Gasteiger partial charge in [-0.1, -0.05) is 0 Å². The van der Waals surface area contributed by atoms with Crippen LogP contribution in [0.2, 0.25) is 0 Å². The van der Waals surface area contributed by atoms with Gasteiger partial charge < -0.3 is 5.32 Å². The maximum Gasteiger partial charge on any atom is 0.240 e. The van der Waals surface area contributed by atoms with E-state index in [1.54, 1.807) is 4.68 Å². The van der Waals surface area contributed by atoms with E-state index in [0.717, 1.165) is 11.5 Å². The molecule has 5 heteroatoms. The number of halogens is 1. The Morgan fingerprint density at radius 1 is 1.79 bits per heavy atom. The molecule has 0 unspecified atom stereocenters. The minimum Gasteiger partial charge on any atom is -0.310 e. The van der Waals surface area contributed by atoms with Gasteiger partial charge >= 0.3 is 0 Å². The maximum absolute atomic E-state index is 11.0. The van der Waals surface area contributed by atoms with E-state index in [0.29, 0.717) is 5.92 Å². The van der Waals surface area contributed by atoms with Crippen molar-refractivity contribution in [2.24, 2.45) is 7.05 Å². The van der Waals surface area contributed by atoms with Gasteiger partial charge in [-0.3, -0.25) is 9.48 Å². The van der Waals surface area contributed by atoms with Gasteiger partial charge in [-0.05, 0) is 12.8 Å². The van der Waals surface area contributed by atoms with Gasteiger partial charge in [0.05, 0.1) is 5.69 Å². The molecule has 14 heavy (non-hydrogen) atoms. The molecule has 1 aliphatic rings. The molecule has 0 aliphatic heterocycles. The molecule has 4 nitrogen and oxygen atoms in total. The third-order valence-corrected chi connectivity index (χ3v) is 2.53. The van der Waals surface area contributed by atoms with Crippen LogP contribution in [-0.4, -0.2) is 21.6 Å². The molecule has 0 radical (unpaired) electrons. The van der Waals surface area contributed by atoms with Crippen molar-refractivity contribution in [2.45, 2.75) is 18.8 Å². The Bertz CT molecular complexity index is 357. The van der Waals surface area contributed by atoms with Crippen LogP contribution < -0.4 is 5.32 Å². The fraction of sp³-hybridized carbons (Fsp3) is 0.556. The molecule has 1 saturated carbocycles. The number of amides is 1. The lowest BCUT2D eigenvalue weighted by Crippen LogP contribution is -2.15. The monoisotopic (exact) mass is 213 g/mol. The van der Waals surface area contributed by atoms with Crippen molar-refractivity contribution in [3.63, 3.8) is 0 Å². The molecule has 0 spiro atoms. The van der Waals surface area contributed by atoms with E-state index >= 15 is 0 Å². The topological polar surface area (TPSA) is 46.9 Å². The Morgan fingerprint density at radius 3 is 3.07 bits per heavy atom. The molecule has 1 aromatic heterocycles. The van der Waals surface area contributed by atoms with Crippen molar-refractivity contribution in [1.82, 2.24) is 9.78 Å². The molecule has 0 bridgehead atoms. The molecule has 1 fully saturated rings. The van der Waals surface area contributed by atoms with Crippen LogP contribution in [0, 0.1) is 0 Å². The Balaban J connectivity index is 2.12. The first-order valence-corrected chi connectivity index (χ1v) is 5.14. The normalized spacial score (nSPS) is 15.6. The maximum atomic E-state index is 11.0. The zero-order valence-corrected chi connectivity index (χ0v) is 8.71. The summed E-state index contributed by atoms with van der Waals surface area (Å²) in [6.07, 6.45) is 2.42. The van der Waals surface area contributed by atoms with Crippen LogP contribution in [0.1, 0.15) is 24.5 Å². The van der Waals surface area contributed by atoms with Gasteiger partial charge in [-0.2, -0.15) is 5.10 Å². The molecular weight excluding hydrogens is 202 g/mol. The lowest BCUT2D eigenvalue weighted by Gasteiger charge is -2.00. The van der Waals surface area contributed by atoms with E-state index in [1.165, 1.54) is 12.8 Å². The largest absolute Gasteiger partial charge is 0.310 e. The number of nitrogens with one attached hydrogen (secondary N) is 1. The van der Waals surface area contributed by atoms with E-state index in [1.807, 2.05) is 13.1 Å². The quantitative estimate of drug-likeness (QED) is 0.774. The summed E-state index contributed by atoms with van der Waals surface area (Å²) in [6.45, 7) is 0. The summed E-state index contributed by atoms with van der Waals surface area (Å²) >= 11 is 5.39. The second-order valence-corrected chi connectivity index (χ2v) is 3.80. The van der Waals surface area contributed by atoms with Crippen LogP contribution in [0.5, 0.6) is 0 Å². The summed E-state index contributed by atoms with van der Waals surface area (Å²) in [7, 11) is 1.82. The second-order valence-electron chi connectivity index (χ2n) is 3.53. The van der Waals surface area contributed by atoms with Crippen molar-refractivity contribution in [1.29, 1.82) is 0 Å². The van der Waals surface area contributed by atoms with Crippen LogP contribution in [-0.2, 0) is 11.8 Å². The van der Waals surface area contributed by atoms with Crippen molar-refractivity contribution < 1.29 is 4.79 Å². The molecule has 1 amide bonds. The lowest BCUT2D eigenvalue weighted by molar-refractivity contribution is -0.114. The number of aromatic nitrogens is 2. The average Bonchev–Trinajstić information content (AvgIpc) is 2.94. The Kier molecular flexibility index (Phi) is 2.46. The fourth-order valence-electron chi connectivity index (χ4n) is 1.36. The first-order valence-electron chi connectivity index (χ1n) is 4.60. The van der Waals surface area contributed by atoms with Crippen molar-refractivity contribution >= 4 is 23.3 Å². The van der Waals surface area contributed by atoms with Gasteiger partial charge in [0.2, 0.25) is 5.91 Å². The minimum absolute atomic E-state index is 0.0239. The summed E-state index contributed by atoms with van der Waals surface area (Å²) in [6, 6.07) is 1.92. The highest BCUT2D eigenvalue weighted by Gasteiger charge is 2.26. The Morgan fingerprint density at radius 2 is 2.50 bits per heavy atom. The third-order valence-electron chi connectivity index (χ3n) is 2.28. The zero-order chi connectivity index (χ0) is 10.1. The van der Waals surface area contributed by atoms with Crippen molar-refractivity contribution in [3.8, 4) is 0 Å². The van der Waals surface area contributed by atoms with Gasteiger partial charge in [0, 0.05) is 19.0 Å². The molecule has 76 valence electrons. The molecule has 2 rings (SSSR count). The van der Waals surface area contributed by atoms with E-state index in [2.05, 4.69) is 10.4 Å². The molecule has 1 heterocycles. The van der Waals surface area contributed by atoms with Crippen LogP contribution in [0.25, 0.3) is 0 Å². The Hall–Kier alpha value is -1.03. The van der Waals surface area contributed by atoms with Crippen molar-refractivity contribution in [3.05, 3.63) is 11.8 Å². The van der Waals surface area contributed by atoms with Gasteiger partial charge in [0.25, 0.3) is 0 Å². The zero-order valence-electron chi connectivity index (χ0n) is 7.96. The third kappa shape index (κ3) is 1.90. The minimum atomic E-state index is -0.197. The first-order chi connectivity index (χ1) is 6.70. The highest BCUT2D eigenvalue weighted by molar-refractivity contribution is 6.29. The lowest BCUT2D eigenvalue weighted by atomic mass is 10.3. The van der Waals surface area contributed by atoms with E-state index in [4.69, 9.17) is 11.6 Å². The van der Waals surface area contributed by atoms with Crippen LogP contribution >= 0.6 is 11.6 Å². The summed E-state index contributed by atoms with van der Waals surface area (Å²) in [5, 5.41) is 7.01. The van der Waals surface area contributed by atoms with E-state index in [9.17, 15) is 4.79 Å². The summed E-state index contributed by atoms with van der Waals surface area (Å²) in [5.41, 5.74) is 1.07. The molecular formula is C9H12ClN3O. The van der Waals surface area contributed by atoms with Gasteiger partial charge in [0.15, 0.2) is 0 Å². The fourth-order valence-corrected chi connectivity index (χ4v) is 1.43. The smallest absolute Gasteiger partial charge is 0.240 e. The molecule has 1 aromatic rings. The molecule has 0 aromatic carbocycles. The summed E-state index contributed by atoms with van der Waals surface area (Å²) < 4.78 is 1.68. The molecule has 1 aliphatic carbocycles. The number of carbonyl (C=O) groups excluding carboxylic acids is 1. The van der Waals surface area contributed by atoms with E-state index < -0.39 is 0 Å². The number of alkyl halides is 1. The molecule has 1 N–H and O–H groups in total. The SMILES string of the molecule is Cn1nc(C2CC2)cc1NC(=O)CCl. The number of aryl methyl sites for hydroxylation is 1. The van der Waals surface area contributed by atoms with Crippen molar-refractivity contribution in [2.75, 3.05) is 11.2 Å². The number of rotatable bonds is 3. The van der Waals surface area contributed by atoms with Gasteiger partial charge in [0.1, 0.15) is 11.7 Å². The summed E-state index contributed by atoms with van der Waals surface area (Å²) in [4.78, 5) is 11.0. The number of nitrogens with zero attached hydrogens (tertiary/aromatic N) is 2. The molecule has 0 atom stereocenters. The summed E-state index contributed by atoms with van der Waals surface area (Å²) in [5.74, 6) is 1.10. The second kappa shape index (κ2) is 3.61. The van der Waals surface area contributed by atoms with Gasteiger partial charge in [-0.25, -0.2) is 0 Å². The van der Waals surface area contributed by atoms with Crippen LogP contribution in [0.4, 0.5) is 5.82 Å². The molecule has 0 saturated heterocycles. The first kappa shape index (κ1) is 9.52. The highest BCUT2D eigenvalue weighted by Crippen LogP contribution is 2.39. The highest BCUT2D eigenvalue weighted by atomic mass is 35.5. The number of hydrogen-bond acceptors (Lipinski definition) is 2. The predicted octanol–water partition coefficient (Wildman–Crippen LogP) is 1.47. The average molecular weight is 214 g/mol. The van der Waals surface area contributed by atoms with Crippen LogP contribution in [0.15, 0.2) is 6.07 Å². The Labute approximate surface area is 87.2 Å². The number of carbonyl (C=O) groups is 1. The number of hydrogen-bond donors (Lipinski definition) is 1. The predicted molar refractivity (Wildman–Crippen MR) is 54.5 cm³/mol. The standard InChI is InChI=1S/C9H12ClN3O/c1-13-8(11-9(14)5-10)4-7(12-13)6-2-3-6/h4,6H,2-3,5H2,1H3,(H,11,14). The van der Waals surface area contributed by atoms with Gasteiger partial charge in [-0.15, -0.1) is 11.6 Å². The number of anilines is 1. The van der Waals surface area contributed by atoms with Crippen LogP contribution in [0.3, 0.4) is 0 Å².